The first-order valence-electron chi connectivity index (χ1n) is 8.08. The van der Waals surface area contributed by atoms with Gasteiger partial charge in [0.25, 0.3) is 0 Å². The molecule has 2 aliphatic heterocycles. The van der Waals surface area contributed by atoms with Crippen molar-refractivity contribution in [2.24, 2.45) is 0 Å². The van der Waals surface area contributed by atoms with Gasteiger partial charge in [0.05, 0.1) is 11.3 Å². The molecular formula is C17H20F2N2O4. The van der Waals surface area contributed by atoms with E-state index in [2.05, 4.69) is 5.32 Å². The number of hydrogen-bond donors (Lipinski definition) is 1. The molecule has 1 fully saturated rings. The van der Waals surface area contributed by atoms with Crippen LogP contribution in [0.3, 0.4) is 0 Å². The molecule has 0 saturated carbocycles. The highest BCUT2D eigenvalue weighted by Gasteiger charge is 2.48. The summed E-state index contributed by atoms with van der Waals surface area (Å²) in [5, 5.41) is 2.39. The molecule has 1 aromatic rings. The summed E-state index contributed by atoms with van der Waals surface area (Å²) in [5.41, 5.74) is -1.73. The topological polar surface area (TPSA) is 67.9 Å². The average molecular weight is 354 g/mol. The molecule has 0 aliphatic carbocycles. The maximum absolute atomic E-state index is 14.4. The SMILES string of the molecule is CC(C)(C)OC(=O)N1CCC2(CC1)OC(=O)Nc1ccc(F)c(F)c12. The van der Waals surface area contributed by atoms with Gasteiger partial charge in [-0.05, 0) is 32.9 Å². The lowest BCUT2D eigenvalue weighted by Gasteiger charge is -2.44. The maximum Gasteiger partial charge on any atom is 0.412 e. The normalized spacial score (nSPS) is 19.1. The fourth-order valence-electron chi connectivity index (χ4n) is 3.19. The zero-order valence-corrected chi connectivity index (χ0v) is 14.3. The van der Waals surface area contributed by atoms with Crippen LogP contribution in [0.15, 0.2) is 12.1 Å². The standard InChI is InChI=1S/C17H20F2N2O4/c1-16(2,3)25-15(23)21-8-6-17(7-9-21)12-11(20-14(22)24-17)5-4-10(18)13(12)19/h4-5H,6-9H2,1-3H3,(H,20,22). The fourth-order valence-corrected chi connectivity index (χ4v) is 3.19. The Kier molecular flexibility index (Phi) is 4.09. The summed E-state index contributed by atoms with van der Waals surface area (Å²) < 4.78 is 38.8. The van der Waals surface area contributed by atoms with Crippen molar-refractivity contribution in [2.45, 2.75) is 44.8 Å². The average Bonchev–Trinajstić information content (AvgIpc) is 2.49. The van der Waals surface area contributed by atoms with E-state index < -0.39 is 35.0 Å². The molecule has 6 nitrogen and oxygen atoms in total. The molecule has 2 amide bonds. The number of nitrogens with zero attached hydrogens (tertiary/aromatic N) is 1. The Bertz CT molecular complexity index is 722. The summed E-state index contributed by atoms with van der Waals surface area (Å²) in [4.78, 5) is 25.5. The lowest BCUT2D eigenvalue weighted by molar-refractivity contribution is -0.0460. The van der Waals surface area contributed by atoms with Crippen molar-refractivity contribution >= 4 is 17.9 Å². The largest absolute Gasteiger partial charge is 0.444 e. The molecular weight excluding hydrogens is 334 g/mol. The van der Waals surface area contributed by atoms with Gasteiger partial charge in [0.1, 0.15) is 11.2 Å². The van der Waals surface area contributed by atoms with Gasteiger partial charge in [0, 0.05) is 25.9 Å². The summed E-state index contributed by atoms with van der Waals surface area (Å²) in [7, 11) is 0. The molecule has 1 saturated heterocycles. The van der Waals surface area contributed by atoms with E-state index in [9.17, 15) is 18.4 Å². The van der Waals surface area contributed by atoms with Crippen molar-refractivity contribution < 1.29 is 27.8 Å². The van der Waals surface area contributed by atoms with Crippen LogP contribution in [0.1, 0.15) is 39.2 Å². The molecule has 0 atom stereocenters. The van der Waals surface area contributed by atoms with Crippen molar-refractivity contribution in [1.29, 1.82) is 0 Å². The molecule has 1 N–H and O–H groups in total. The third-order valence-corrected chi connectivity index (χ3v) is 4.30. The van der Waals surface area contributed by atoms with Gasteiger partial charge in [-0.25, -0.2) is 18.4 Å². The van der Waals surface area contributed by atoms with Gasteiger partial charge < -0.3 is 14.4 Å². The smallest absolute Gasteiger partial charge is 0.412 e. The van der Waals surface area contributed by atoms with Gasteiger partial charge in [-0.1, -0.05) is 0 Å². The molecule has 0 radical (unpaired) electrons. The minimum Gasteiger partial charge on any atom is -0.444 e. The Morgan fingerprint density at radius 3 is 2.52 bits per heavy atom. The quantitative estimate of drug-likeness (QED) is 0.770. The zero-order chi connectivity index (χ0) is 18.4. The van der Waals surface area contributed by atoms with Crippen molar-refractivity contribution in [3.05, 3.63) is 29.3 Å². The predicted molar refractivity (Wildman–Crippen MR) is 85.2 cm³/mol. The van der Waals surface area contributed by atoms with Gasteiger partial charge in [-0.3, -0.25) is 5.32 Å². The Morgan fingerprint density at radius 1 is 1.28 bits per heavy atom. The molecule has 0 unspecified atom stereocenters. The summed E-state index contributed by atoms with van der Waals surface area (Å²) in [5.74, 6) is -2.05. The first-order valence-corrected chi connectivity index (χ1v) is 8.08. The van der Waals surface area contributed by atoms with Gasteiger partial charge in [0.15, 0.2) is 11.6 Å². The molecule has 2 heterocycles. The van der Waals surface area contributed by atoms with Crippen LogP contribution in [0.5, 0.6) is 0 Å². The number of rotatable bonds is 0. The molecule has 136 valence electrons. The van der Waals surface area contributed by atoms with Gasteiger partial charge in [-0.15, -0.1) is 0 Å². The summed E-state index contributed by atoms with van der Waals surface area (Å²) in [6, 6.07) is 2.28. The molecule has 25 heavy (non-hydrogen) atoms. The third-order valence-electron chi connectivity index (χ3n) is 4.30. The first-order chi connectivity index (χ1) is 11.6. The number of nitrogens with one attached hydrogen (secondary N) is 1. The molecule has 1 aromatic carbocycles. The Labute approximate surface area is 144 Å². The Balaban J connectivity index is 1.85. The molecule has 2 aliphatic rings. The second-order valence-electron chi connectivity index (χ2n) is 7.26. The zero-order valence-electron chi connectivity index (χ0n) is 14.3. The number of piperidine rings is 1. The number of hydrogen-bond acceptors (Lipinski definition) is 4. The lowest BCUT2D eigenvalue weighted by atomic mass is 9.82. The Hall–Kier alpha value is -2.38. The van der Waals surface area contributed by atoms with Crippen molar-refractivity contribution in [2.75, 3.05) is 18.4 Å². The molecule has 8 heteroatoms. The number of likely N-dealkylation sites (tertiary alicyclic amines) is 1. The minimum absolute atomic E-state index is 0.00376. The second kappa shape index (κ2) is 5.86. The fraction of sp³-hybridized carbons (Fsp3) is 0.529. The number of carbonyl (C=O) groups excluding carboxylic acids is 2. The van der Waals surface area contributed by atoms with Crippen LogP contribution in [0.25, 0.3) is 0 Å². The number of carbonyl (C=O) groups is 2. The van der Waals surface area contributed by atoms with Crippen LogP contribution in [-0.4, -0.2) is 35.8 Å². The number of anilines is 1. The lowest BCUT2D eigenvalue weighted by Crippen LogP contribution is -2.51. The minimum atomic E-state index is -1.29. The third kappa shape index (κ3) is 3.25. The number of fused-ring (bicyclic) bond motifs is 2. The van der Waals surface area contributed by atoms with Crippen molar-refractivity contribution in [3.63, 3.8) is 0 Å². The van der Waals surface area contributed by atoms with E-state index in [1.165, 1.54) is 11.0 Å². The van der Waals surface area contributed by atoms with E-state index in [-0.39, 0.29) is 37.2 Å². The van der Waals surface area contributed by atoms with Crippen LogP contribution in [0.4, 0.5) is 24.1 Å². The van der Waals surface area contributed by atoms with Crippen molar-refractivity contribution in [3.8, 4) is 0 Å². The van der Waals surface area contributed by atoms with Gasteiger partial charge >= 0.3 is 12.2 Å². The van der Waals surface area contributed by atoms with E-state index >= 15 is 0 Å². The van der Waals surface area contributed by atoms with Gasteiger partial charge in [0.2, 0.25) is 0 Å². The van der Waals surface area contributed by atoms with E-state index in [4.69, 9.17) is 9.47 Å². The second-order valence-corrected chi connectivity index (χ2v) is 7.26. The van der Waals surface area contributed by atoms with Crippen LogP contribution < -0.4 is 5.32 Å². The molecule has 3 rings (SSSR count). The predicted octanol–water partition coefficient (Wildman–Crippen LogP) is 3.75. The highest BCUT2D eigenvalue weighted by molar-refractivity contribution is 5.89. The number of benzene rings is 1. The number of halogens is 2. The number of ether oxygens (including phenoxy) is 2. The highest BCUT2D eigenvalue weighted by atomic mass is 19.2. The highest BCUT2D eigenvalue weighted by Crippen LogP contribution is 2.45. The van der Waals surface area contributed by atoms with Gasteiger partial charge in [-0.2, -0.15) is 0 Å². The van der Waals surface area contributed by atoms with E-state index in [1.54, 1.807) is 20.8 Å². The van der Waals surface area contributed by atoms with Crippen LogP contribution in [-0.2, 0) is 15.1 Å². The van der Waals surface area contributed by atoms with E-state index in [0.717, 1.165) is 6.07 Å². The summed E-state index contributed by atoms with van der Waals surface area (Å²) in [6.07, 6.45) is -0.883. The monoisotopic (exact) mass is 354 g/mol. The van der Waals surface area contributed by atoms with Crippen LogP contribution >= 0.6 is 0 Å². The first kappa shape index (κ1) is 17.4. The summed E-state index contributed by atoms with van der Waals surface area (Å²) >= 11 is 0. The maximum atomic E-state index is 14.4. The Morgan fingerprint density at radius 2 is 1.92 bits per heavy atom. The van der Waals surface area contributed by atoms with Crippen LogP contribution in [0.2, 0.25) is 0 Å². The van der Waals surface area contributed by atoms with E-state index in [0.29, 0.717) is 0 Å². The molecule has 0 aromatic heterocycles. The molecule has 1 spiro atoms. The van der Waals surface area contributed by atoms with Crippen LogP contribution in [0, 0.1) is 11.6 Å². The molecule has 0 bridgehead atoms. The van der Waals surface area contributed by atoms with Crippen molar-refractivity contribution in [1.82, 2.24) is 4.90 Å². The number of amides is 2. The van der Waals surface area contributed by atoms with E-state index in [1.807, 2.05) is 0 Å². The summed E-state index contributed by atoms with van der Waals surface area (Å²) in [6.45, 7) is 5.70.